The van der Waals surface area contributed by atoms with Crippen molar-refractivity contribution in [2.24, 2.45) is 5.92 Å². The quantitative estimate of drug-likeness (QED) is 0.408. The molecule has 0 aliphatic heterocycles. The summed E-state index contributed by atoms with van der Waals surface area (Å²) in [5, 5.41) is 15.9. The van der Waals surface area contributed by atoms with E-state index in [1.165, 1.54) is 0 Å². The summed E-state index contributed by atoms with van der Waals surface area (Å²) in [5.74, 6) is -1.25. The number of carboxylic acids is 1. The molecule has 4 rings (SSSR count). The second-order valence-corrected chi connectivity index (χ2v) is 9.09. The van der Waals surface area contributed by atoms with Crippen LogP contribution in [0.3, 0.4) is 0 Å². The van der Waals surface area contributed by atoms with Crippen molar-refractivity contribution in [1.29, 1.82) is 0 Å². The summed E-state index contributed by atoms with van der Waals surface area (Å²) >= 11 is 1.13. The maximum atomic E-state index is 12.4. The lowest BCUT2D eigenvalue weighted by Crippen LogP contribution is -2.28. The van der Waals surface area contributed by atoms with Gasteiger partial charge in [0.2, 0.25) is 0 Å². The molecule has 1 aromatic heterocycles. The van der Waals surface area contributed by atoms with Gasteiger partial charge in [0.05, 0.1) is 0 Å². The minimum absolute atomic E-state index is 0.0251. The molecule has 9 heteroatoms. The summed E-state index contributed by atoms with van der Waals surface area (Å²) in [5.41, 5.74) is 4.74. The van der Waals surface area contributed by atoms with Gasteiger partial charge in [-0.3, -0.25) is 14.9 Å². The van der Waals surface area contributed by atoms with Crippen LogP contribution in [0.4, 0.5) is 9.93 Å². The number of carbonyl (C=O) groups excluding carboxylic acids is 2. The summed E-state index contributed by atoms with van der Waals surface area (Å²) in [6.07, 6.45) is -0.103. The Kier molecular flexibility index (Phi) is 7.22. The van der Waals surface area contributed by atoms with Crippen LogP contribution in [0, 0.1) is 5.92 Å². The Hall–Kier alpha value is -3.72. The molecule has 176 valence electrons. The molecule has 0 spiro atoms. The van der Waals surface area contributed by atoms with Gasteiger partial charge in [-0.1, -0.05) is 55.5 Å². The first-order chi connectivity index (χ1) is 16.4. The van der Waals surface area contributed by atoms with Gasteiger partial charge in [0, 0.05) is 24.3 Å². The topological polar surface area (TPSA) is 118 Å². The van der Waals surface area contributed by atoms with Crippen molar-refractivity contribution in [1.82, 2.24) is 10.3 Å². The fraction of sp³-hybridized carbons (Fsp3) is 0.280. The van der Waals surface area contributed by atoms with Crippen molar-refractivity contribution in [3.63, 3.8) is 0 Å². The zero-order chi connectivity index (χ0) is 24.1. The Labute approximate surface area is 201 Å². The molecule has 3 N–H and O–H groups in total. The highest BCUT2D eigenvalue weighted by Crippen LogP contribution is 2.44. The van der Waals surface area contributed by atoms with Gasteiger partial charge >= 0.3 is 12.1 Å². The third-order valence-corrected chi connectivity index (χ3v) is 6.51. The van der Waals surface area contributed by atoms with Crippen LogP contribution in [0.15, 0.2) is 53.9 Å². The van der Waals surface area contributed by atoms with Crippen molar-refractivity contribution < 1.29 is 24.2 Å². The highest BCUT2D eigenvalue weighted by atomic mass is 32.1. The highest BCUT2D eigenvalue weighted by Gasteiger charge is 2.29. The first-order valence-electron chi connectivity index (χ1n) is 11.0. The number of aromatic nitrogens is 1. The number of fused-ring (bicyclic) bond motifs is 3. The molecule has 8 nitrogen and oxygen atoms in total. The van der Waals surface area contributed by atoms with Crippen LogP contribution >= 0.6 is 11.3 Å². The first kappa shape index (κ1) is 23.4. The number of aliphatic carboxylic acids is 1. The van der Waals surface area contributed by atoms with Crippen LogP contribution < -0.4 is 10.6 Å². The number of rotatable bonds is 9. The number of carbonyl (C=O) groups is 3. The average Bonchev–Trinajstić information content (AvgIpc) is 3.42. The molecule has 2 amide bonds. The standard InChI is InChI=1S/C25H25N3O5S/c1-15(10-11-22(29)30)12-26-23(31)21-14-34-24(27-21)28-25(32)33-13-20-18-8-4-2-6-16(18)17-7-3-5-9-19(17)20/h2-9,14-15,20H,10-13H2,1H3,(H,26,31)(H,29,30)(H,27,28,32). The Bertz CT molecular complexity index is 1160. The second-order valence-electron chi connectivity index (χ2n) is 8.24. The molecule has 0 bridgehead atoms. The van der Waals surface area contributed by atoms with Crippen molar-refractivity contribution in [2.45, 2.75) is 25.7 Å². The Morgan fingerprint density at radius 2 is 1.74 bits per heavy atom. The fourth-order valence-electron chi connectivity index (χ4n) is 3.99. The van der Waals surface area contributed by atoms with Crippen molar-refractivity contribution in [2.75, 3.05) is 18.5 Å². The number of anilines is 1. The second kappa shape index (κ2) is 10.5. The van der Waals surface area contributed by atoms with Crippen LogP contribution in [-0.4, -0.2) is 41.2 Å². The van der Waals surface area contributed by atoms with E-state index in [4.69, 9.17) is 9.84 Å². The molecule has 34 heavy (non-hydrogen) atoms. The number of hydrogen-bond donors (Lipinski definition) is 3. The van der Waals surface area contributed by atoms with Gasteiger partial charge in [-0.15, -0.1) is 11.3 Å². The summed E-state index contributed by atoms with van der Waals surface area (Å²) in [6, 6.07) is 16.2. The van der Waals surface area contributed by atoms with Gasteiger partial charge in [-0.25, -0.2) is 9.78 Å². The lowest BCUT2D eigenvalue weighted by molar-refractivity contribution is -0.137. The number of thiazole rings is 1. The Morgan fingerprint density at radius 1 is 1.09 bits per heavy atom. The Balaban J connectivity index is 1.29. The molecule has 0 saturated heterocycles. The molecule has 1 aliphatic rings. The minimum atomic E-state index is -0.860. The molecule has 1 atom stereocenters. The van der Waals surface area contributed by atoms with Gasteiger partial charge < -0.3 is 15.2 Å². The van der Waals surface area contributed by atoms with Gasteiger partial charge in [-0.2, -0.15) is 0 Å². The third-order valence-electron chi connectivity index (χ3n) is 5.75. The first-order valence-corrected chi connectivity index (χ1v) is 11.9. The summed E-state index contributed by atoms with van der Waals surface area (Å²) in [4.78, 5) is 39.5. The summed E-state index contributed by atoms with van der Waals surface area (Å²) in [6.45, 7) is 2.40. The SMILES string of the molecule is CC(CCC(=O)O)CNC(=O)c1csc(NC(=O)OCC2c3ccccc3-c3ccccc32)n1. The number of nitrogens with one attached hydrogen (secondary N) is 2. The lowest BCUT2D eigenvalue weighted by atomic mass is 9.98. The van der Waals surface area contributed by atoms with Gasteiger partial charge in [0.1, 0.15) is 12.3 Å². The van der Waals surface area contributed by atoms with Gasteiger partial charge in [0.25, 0.3) is 5.91 Å². The average molecular weight is 480 g/mol. The summed E-state index contributed by atoms with van der Waals surface area (Å²) < 4.78 is 5.51. The predicted molar refractivity (Wildman–Crippen MR) is 129 cm³/mol. The van der Waals surface area contributed by atoms with Crippen LogP contribution in [0.25, 0.3) is 11.1 Å². The Morgan fingerprint density at radius 3 is 2.38 bits per heavy atom. The van der Waals surface area contributed by atoms with Crippen molar-refractivity contribution >= 4 is 34.4 Å². The van der Waals surface area contributed by atoms with Crippen LogP contribution in [0.2, 0.25) is 0 Å². The van der Waals surface area contributed by atoms with E-state index in [-0.39, 0.29) is 41.6 Å². The molecular formula is C25H25N3O5S. The molecule has 3 aromatic rings. The molecule has 0 radical (unpaired) electrons. The maximum Gasteiger partial charge on any atom is 0.413 e. The molecular weight excluding hydrogens is 454 g/mol. The van der Waals surface area contributed by atoms with E-state index < -0.39 is 12.1 Å². The van der Waals surface area contributed by atoms with E-state index in [2.05, 4.69) is 39.9 Å². The van der Waals surface area contributed by atoms with E-state index in [0.717, 1.165) is 33.6 Å². The fourth-order valence-corrected chi connectivity index (χ4v) is 4.66. The monoisotopic (exact) mass is 479 g/mol. The van der Waals surface area contributed by atoms with Crippen LogP contribution in [0.5, 0.6) is 0 Å². The molecule has 0 saturated carbocycles. The van der Waals surface area contributed by atoms with E-state index in [1.54, 1.807) is 5.38 Å². The smallest absolute Gasteiger partial charge is 0.413 e. The molecule has 1 heterocycles. The minimum Gasteiger partial charge on any atom is -0.481 e. The van der Waals surface area contributed by atoms with E-state index in [9.17, 15) is 14.4 Å². The maximum absolute atomic E-state index is 12.4. The summed E-state index contributed by atoms with van der Waals surface area (Å²) in [7, 11) is 0. The van der Waals surface area contributed by atoms with E-state index in [0.29, 0.717) is 13.0 Å². The predicted octanol–water partition coefficient (Wildman–Crippen LogP) is 4.73. The van der Waals surface area contributed by atoms with E-state index in [1.807, 2.05) is 31.2 Å². The number of nitrogens with zero attached hydrogens (tertiary/aromatic N) is 1. The zero-order valence-corrected chi connectivity index (χ0v) is 19.4. The lowest BCUT2D eigenvalue weighted by Gasteiger charge is -2.14. The normalized spacial score (nSPS) is 13.0. The van der Waals surface area contributed by atoms with Crippen LogP contribution in [0.1, 0.15) is 47.3 Å². The largest absolute Gasteiger partial charge is 0.481 e. The number of benzene rings is 2. The molecule has 1 unspecified atom stereocenters. The number of amides is 2. The van der Waals surface area contributed by atoms with Gasteiger partial charge in [0.15, 0.2) is 5.13 Å². The third kappa shape index (κ3) is 5.43. The zero-order valence-electron chi connectivity index (χ0n) is 18.6. The molecule has 1 aliphatic carbocycles. The van der Waals surface area contributed by atoms with E-state index >= 15 is 0 Å². The number of carboxylic acid groups (broad SMARTS) is 1. The van der Waals surface area contributed by atoms with Gasteiger partial charge in [-0.05, 0) is 34.6 Å². The van der Waals surface area contributed by atoms with Crippen molar-refractivity contribution in [3.8, 4) is 11.1 Å². The highest BCUT2D eigenvalue weighted by molar-refractivity contribution is 7.14. The number of ether oxygens (including phenoxy) is 1. The van der Waals surface area contributed by atoms with Crippen molar-refractivity contribution in [3.05, 3.63) is 70.7 Å². The molecule has 2 aromatic carbocycles. The molecule has 0 fully saturated rings. The number of hydrogen-bond acceptors (Lipinski definition) is 6. The van der Waals surface area contributed by atoms with Crippen LogP contribution in [-0.2, 0) is 9.53 Å².